The zero-order valence-corrected chi connectivity index (χ0v) is 10.4. The van der Waals surface area contributed by atoms with Crippen molar-refractivity contribution in [2.45, 2.75) is 24.6 Å². The first-order valence-corrected chi connectivity index (χ1v) is 6.20. The van der Waals surface area contributed by atoms with Gasteiger partial charge in [-0.3, -0.25) is 9.88 Å². The molecule has 4 nitrogen and oxygen atoms in total. The fourth-order valence-electron chi connectivity index (χ4n) is 3.20. The van der Waals surface area contributed by atoms with Gasteiger partial charge in [0.15, 0.2) is 0 Å². The second-order valence-corrected chi connectivity index (χ2v) is 5.26. The Morgan fingerprint density at radius 2 is 2.06 bits per heavy atom. The van der Waals surface area contributed by atoms with Gasteiger partial charge in [-0.1, -0.05) is 6.07 Å². The molecule has 3 heterocycles. The summed E-state index contributed by atoms with van der Waals surface area (Å²) in [6.45, 7) is 2.13. The van der Waals surface area contributed by atoms with Crippen LogP contribution < -0.4 is 0 Å². The normalized spacial score (nSPS) is 28.5. The highest BCUT2D eigenvalue weighted by atomic mass is 16.3. The van der Waals surface area contributed by atoms with Gasteiger partial charge in [0.05, 0.1) is 11.2 Å². The highest BCUT2D eigenvalue weighted by molar-refractivity contribution is 5.35. The lowest BCUT2D eigenvalue weighted by Crippen LogP contribution is -2.48. The second-order valence-electron chi connectivity index (χ2n) is 5.26. The van der Waals surface area contributed by atoms with Crippen LogP contribution in [0.2, 0.25) is 0 Å². The Bertz CT molecular complexity index is 426. The van der Waals surface area contributed by atoms with E-state index in [1.54, 1.807) is 0 Å². The van der Waals surface area contributed by atoms with E-state index in [4.69, 9.17) is 0 Å². The molecular weight excluding hydrogens is 214 g/mol. The van der Waals surface area contributed by atoms with Crippen LogP contribution in [-0.4, -0.2) is 47.1 Å². The van der Waals surface area contributed by atoms with E-state index in [1.165, 1.54) is 0 Å². The topological polar surface area (TPSA) is 39.6 Å². The van der Waals surface area contributed by atoms with Crippen LogP contribution in [0, 0.1) is 0 Å². The Balaban J connectivity index is 2.05. The molecule has 1 fully saturated rings. The average molecular weight is 233 g/mol. The van der Waals surface area contributed by atoms with Gasteiger partial charge in [-0.15, -0.1) is 0 Å². The van der Waals surface area contributed by atoms with E-state index in [9.17, 15) is 5.11 Å². The van der Waals surface area contributed by atoms with E-state index >= 15 is 0 Å². The summed E-state index contributed by atoms with van der Waals surface area (Å²) in [6, 6.07) is 3.90. The summed E-state index contributed by atoms with van der Waals surface area (Å²) in [5, 5.41) is 10.3. The Hall–Kier alpha value is -0.970. The quantitative estimate of drug-likeness (QED) is 0.724. The highest BCUT2D eigenvalue weighted by Gasteiger charge is 2.49. The van der Waals surface area contributed by atoms with Gasteiger partial charge in [0.25, 0.3) is 0 Å². The number of fused-ring (bicyclic) bond motifs is 2. The van der Waals surface area contributed by atoms with Gasteiger partial charge in [0.2, 0.25) is 0 Å². The zero-order valence-electron chi connectivity index (χ0n) is 10.4. The van der Waals surface area contributed by atoms with Crippen LogP contribution in [0.5, 0.6) is 0 Å². The van der Waals surface area contributed by atoms with Crippen molar-refractivity contribution in [3.05, 3.63) is 29.6 Å². The van der Waals surface area contributed by atoms with Crippen LogP contribution in [0.3, 0.4) is 0 Å². The summed E-state index contributed by atoms with van der Waals surface area (Å²) in [4.78, 5) is 8.98. The molecule has 92 valence electrons. The number of hydrogen-bond acceptors (Lipinski definition) is 4. The van der Waals surface area contributed by atoms with E-state index in [0.29, 0.717) is 0 Å². The molecule has 2 aliphatic heterocycles. The molecule has 1 aromatic rings. The number of hydrogen-bond donors (Lipinski definition) is 1. The average Bonchev–Trinajstić information content (AvgIpc) is 2.57. The third kappa shape index (κ3) is 1.44. The molecule has 0 aromatic carbocycles. The monoisotopic (exact) mass is 233 g/mol. The fraction of sp³-hybridized carbons (Fsp3) is 0.615. The van der Waals surface area contributed by atoms with Gasteiger partial charge in [0.1, 0.15) is 6.23 Å². The largest absolute Gasteiger partial charge is 0.374 e. The van der Waals surface area contributed by atoms with Crippen molar-refractivity contribution >= 4 is 0 Å². The van der Waals surface area contributed by atoms with Crippen LogP contribution in [0.4, 0.5) is 0 Å². The van der Waals surface area contributed by atoms with Crippen molar-refractivity contribution < 1.29 is 5.11 Å². The molecule has 4 heteroatoms. The van der Waals surface area contributed by atoms with Gasteiger partial charge in [-0.05, 0) is 46.1 Å². The third-order valence-electron chi connectivity index (χ3n) is 4.41. The standard InChI is InChI=1S/C13H19N3O/c1-15-8-5-13(6-9-15)11-10(4-3-7-14-11)12(17)16(13)2/h3-4,7,12,17H,5-6,8-9H2,1-2H3. The third-order valence-corrected chi connectivity index (χ3v) is 4.41. The predicted molar refractivity (Wildman–Crippen MR) is 65.4 cm³/mol. The summed E-state index contributed by atoms with van der Waals surface area (Å²) in [6.07, 6.45) is 3.43. The molecule has 1 N–H and O–H groups in total. The Morgan fingerprint density at radius 1 is 1.35 bits per heavy atom. The lowest BCUT2D eigenvalue weighted by molar-refractivity contribution is -0.0560. The molecule has 0 radical (unpaired) electrons. The van der Waals surface area contributed by atoms with E-state index < -0.39 is 6.23 Å². The summed E-state index contributed by atoms with van der Waals surface area (Å²) >= 11 is 0. The minimum Gasteiger partial charge on any atom is -0.374 e. The molecule has 1 spiro atoms. The first kappa shape index (κ1) is 11.1. The Labute approximate surface area is 102 Å². The number of aliphatic hydroxyl groups is 1. The maximum absolute atomic E-state index is 10.3. The molecular formula is C13H19N3O. The van der Waals surface area contributed by atoms with E-state index in [2.05, 4.69) is 21.8 Å². The number of aliphatic hydroxyl groups excluding tert-OH is 1. The first-order chi connectivity index (χ1) is 8.15. The van der Waals surface area contributed by atoms with Crippen molar-refractivity contribution in [3.63, 3.8) is 0 Å². The van der Waals surface area contributed by atoms with Gasteiger partial charge in [-0.2, -0.15) is 0 Å². The molecule has 0 amide bonds. The molecule has 1 aromatic heterocycles. The number of nitrogens with zero attached hydrogens (tertiary/aromatic N) is 3. The molecule has 0 saturated carbocycles. The van der Waals surface area contributed by atoms with Crippen molar-refractivity contribution in [1.82, 2.24) is 14.8 Å². The van der Waals surface area contributed by atoms with Crippen LogP contribution in [-0.2, 0) is 5.54 Å². The van der Waals surface area contributed by atoms with Gasteiger partial charge in [0, 0.05) is 11.8 Å². The SMILES string of the molecule is CN1CCC2(CC1)c1ncccc1C(O)N2C. The molecule has 1 atom stereocenters. The highest BCUT2D eigenvalue weighted by Crippen LogP contribution is 2.48. The van der Waals surface area contributed by atoms with Crippen LogP contribution in [0.15, 0.2) is 18.3 Å². The zero-order chi connectivity index (χ0) is 12.0. The Morgan fingerprint density at radius 3 is 2.76 bits per heavy atom. The van der Waals surface area contributed by atoms with Crippen molar-refractivity contribution in [1.29, 1.82) is 0 Å². The van der Waals surface area contributed by atoms with Crippen LogP contribution in [0.25, 0.3) is 0 Å². The van der Waals surface area contributed by atoms with Crippen LogP contribution >= 0.6 is 0 Å². The maximum atomic E-state index is 10.3. The van der Waals surface area contributed by atoms with E-state index in [0.717, 1.165) is 37.2 Å². The van der Waals surface area contributed by atoms with E-state index in [1.807, 2.05) is 25.4 Å². The fourth-order valence-corrected chi connectivity index (χ4v) is 3.20. The molecule has 17 heavy (non-hydrogen) atoms. The Kier molecular flexibility index (Phi) is 2.47. The summed E-state index contributed by atoms with van der Waals surface area (Å²) in [5.74, 6) is 0. The number of aromatic nitrogens is 1. The first-order valence-electron chi connectivity index (χ1n) is 6.20. The van der Waals surface area contributed by atoms with Gasteiger partial charge < -0.3 is 10.0 Å². The number of rotatable bonds is 0. The number of piperidine rings is 1. The maximum Gasteiger partial charge on any atom is 0.135 e. The predicted octanol–water partition coefficient (Wildman–Crippen LogP) is 0.939. The minimum atomic E-state index is -0.498. The summed E-state index contributed by atoms with van der Waals surface area (Å²) in [7, 11) is 4.16. The molecule has 2 aliphatic rings. The molecule has 1 saturated heterocycles. The van der Waals surface area contributed by atoms with Crippen LogP contribution in [0.1, 0.15) is 30.3 Å². The molecule has 3 rings (SSSR count). The smallest absolute Gasteiger partial charge is 0.135 e. The van der Waals surface area contributed by atoms with Crippen molar-refractivity contribution in [3.8, 4) is 0 Å². The molecule has 0 bridgehead atoms. The van der Waals surface area contributed by atoms with Gasteiger partial charge >= 0.3 is 0 Å². The lowest BCUT2D eigenvalue weighted by atomic mass is 9.84. The summed E-state index contributed by atoms with van der Waals surface area (Å²) < 4.78 is 0. The minimum absolute atomic E-state index is 0.0531. The second kappa shape index (κ2) is 3.77. The molecule has 0 aliphatic carbocycles. The molecule has 1 unspecified atom stereocenters. The van der Waals surface area contributed by atoms with Gasteiger partial charge in [-0.25, -0.2) is 0 Å². The van der Waals surface area contributed by atoms with E-state index in [-0.39, 0.29) is 5.54 Å². The lowest BCUT2D eigenvalue weighted by Gasteiger charge is -2.43. The number of pyridine rings is 1. The summed E-state index contributed by atoms with van der Waals surface area (Å²) in [5.41, 5.74) is 2.02. The van der Waals surface area contributed by atoms with Crippen molar-refractivity contribution in [2.24, 2.45) is 0 Å². The number of likely N-dealkylation sites (tertiary alicyclic amines) is 1. The van der Waals surface area contributed by atoms with Crippen molar-refractivity contribution in [2.75, 3.05) is 27.2 Å².